The van der Waals surface area contributed by atoms with E-state index in [0.717, 1.165) is 39.1 Å². The van der Waals surface area contributed by atoms with Crippen molar-refractivity contribution in [2.45, 2.75) is 39.2 Å². The van der Waals surface area contributed by atoms with Gasteiger partial charge in [0.1, 0.15) is 5.60 Å². The lowest BCUT2D eigenvalue weighted by Gasteiger charge is -2.47. The van der Waals surface area contributed by atoms with Gasteiger partial charge in [-0.1, -0.05) is 0 Å². The van der Waals surface area contributed by atoms with Gasteiger partial charge in [0.25, 0.3) is 0 Å². The number of likely N-dealkylation sites (tertiary alicyclic amines) is 1. The van der Waals surface area contributed by atoms with Crippen molar-refractivity contribution in [2.24, 2.45) is 5.41 Å². The number of rotatable bonds is 0. The van der Waals surface area contributed by atoms with Crippen molar-refractivity contribution in [3.63, 3.8) is 0 Å². The van der Waals surface area contributed by atoms with Gasteiger partial charge in [0.2, 0.25) is 0 Å². The summed E-state index contributed by atoms with van der Waals surface area (Å²) in [7, 11) is 0. The predicted molar refractivity (Wildman–Crippen MR) is 60.3 cm³/mol. The van der Waals surface area contributed by atoms with Crippen LogP contribution in [0.5, 0.6) is 0 Å². The van der Waals surface area contributed by atoms with E-state index in [0.29, 0.717) is 5.41 Å². The quantitative estimate of drug-likeness (QED) is 0.635. The first kappa shape index (κ1) is 11.7. The number of carbonyl (C=O) groups excluding carboxylic acids is 1. The zero-order chi connectivity index (χ0) is 11.8. The lowest BCUT2D eigenvalue weighted by Crippen LogP contribution is -2.52. The standard InChI is InChI=1S/C12H21NO3/c1-11(2,3)16-10(14)13-6-4-12(5-7-13)8-15-9-12/h4-9H2,1-3H3. The molecule has 2 aliphatic rings. The van der Waals surface area contributed by atoms with Gasteiger partial charge in [0.05, 0.1) is 13.2 Å². The summed E-state index contributed by atoms with van der Waals surface area (Å²) in [5, 5.41) is 0. The molecular formula is C12H21NO3. The number of amides is 1. The first-order chi connectivity index (χ1) is 7.40. The Morgan fingerprint density at radius 2 is 1.81 bits per heavy atom. The minimum absolute atomic E-state index is 0.178. The second kappa shape index (κ2) is 3.91. The summed E-state index contributed by atoms with van der Waals surface area (Å²) in [5.41, 5.74) is -0.0235. The molecule has 0 aromatic heterocycles. The number of hydrogen-bond acceptors (Lipinski definition) is 3. The summed E-state index contributed by atoms with van der Waals surface area (Å²) in [6, 6.07) is 0. The third-order valence-corrected chi connectivity index (χ3v) is 3.29. The molecule has 0 aromatic carbocycles. The Morgan fingerprint density at radius 3 is 2.19 bits per heavy atom. The van der Waals surface area contributed by atoms with Crippen LogP contribution in [0.4, 0.5) is 4.79 Å². The van der Waals surface area contributed by atoms with E-state index in [1.165, 1.54) is 0 Å². The van der Waals surface area contributed by atoms with E-state index in [1.807, 2.05) is 25.7 Å². The van der Waals surface area contributed by atoms with Crippen LogP contribution >= 0.6 is 0 Å². The SMILES string of the molecule is CC(C)(C)OC(=O)N1CCC2(CC1)COC2. The number of carbonyl (C=O) groups is 1. The fourth-order valence-electron chi connectivity index (χ4n) is 2.17. The molecule has 0 radical (unpaired) electrons. The third kappa shape index (κ3) is 2.48. The van der Waals surface area contributed by atoms with Crippen LogP contribution in [0.1, 0.15) is 33.6 Å². The largest absolute Gasteiger partial charge is 0.444 e. The molecule has 4 nitrogen and oxygen atoms in total. The zero-order valence-corrected chi connectivity index (χ0v) is 10.4. The molecule has 4 heteroatoms. The van der Waals surface area contributed by atoms with Crippen molar-refractivity contribution in [1.29, 1.82) is 0 Å². The van der Waals surface area contributed by atoms with Gasteiger partial charge in [0.15, 0.2) is 0 Å². The molecule has 2 saturated heterocycles. The second-order valence-electron chi connectivity index (χ2n) is 5.96. The third-order valence-electron chi connectivity index (χ3n) is 3.29. The fraction of sp³-hybridized carbons (Fsp3) is 0.917. The van der Waals surface area contributed by atoms with Gasteiger partial charge < -0.3 is 14.4 Å². The van der Waals surface area contributed by atoms with Gasteiger partial charge in [-0.15, -0.1) is 0 Å². The Labute approximate surface area is 96.9 Å². The summed E-state index contributed by atoms with van der Waals surface area (Å²) in [5.74, 6) is 0. The van der Waals surface area contributed by atoms with E-state index < -0.39 is 5.60 Å². The van der Waals surface area contributed by atoms with Gasteiger partial charge in [-0.2, -0.15) is 0 Å². The number of ether oxygens (including phenoxy) is 2. The molecule has 2 fully saturated rings. The minimum atomic E-state index is -0.397. The van der Waals surface area contributed by atoms with Crippen LogP contribution in [0, 0.1) is 5.41 Å². The van der Waals surface area contributed by atoms with Crippen molar-refractivity contribution >= 4 is 6.09 Å². The highest BCUT2D eigenvalue weighted by atomic mass is 16.6. The van der Waals surface area contributed by atoms with Crippen LogP contribution in [0.25, 0.3) is 0 Å². The van der Waals surface area contributed by atoms with Gasteiger partial charge in [-0.3, -0.25) is 0 Å². The summed E-state index contributed by atoms with van der Waals surface area (Å²) in [6.45, 7) is 9.04. The van der Waals surface area contributed by atoms with Crippen LogP contribution in [-0.2, 0) is 9.47 Å². The fourth-order valence-corrected chi connectivity index (χ4v) is 2.17. The second-order valence-corrected chi connectivity index (χ2v) is 5.96. The molecule has 92 valence electrons. The zero-order valence-electron chi connectivity index (χ0n) is 10.4. The molecule has 2 heterocycles. The van der Waals surface area contributed by atoms with Crippen LogP contribution in [0.2, 0.25) is 0 Å². The minimum Gasteiger partial charge on any atom is -0.444 e. The molecule has 0 atom stereocenters. The van der Waals surface area contributed by atoms with Crippen molar-refractivity contribution < 1.29 is 14.3 Å². The Bertz CT molecular complexity index is 268. The number of hydrogen-bond donors (Lipinski definition) is 0. The molecule has 0 N–H and O–H groups in total. The van der Waals surface area contributed by atoms with Gasteiger partial charge in [-0.05, 0) is 33.6 Å². The smallest absolute Gasteiger partial charge is 0.410 e. The van der Waals surface area contributed by atoms with Crippen molar-refractivity contribution in [1.82, 2.24) is 4.90 Å². The molecule has 0 aromatic rings. The molecule has 1 amide bonds. The Balaban J connectivity index is 1.82. The van der Waals surface area contributed by atoms with Crippen molar-refractivity contribution in [2.75, 3.05) is 26.3 Å². The van der Waals surface area contributed by atoms with Gasteiger partial charge >= 0.3 is 6.09 Å². The van der Waals surface area contributed by atoms with E-state index in [4.69, 9.17) is 9.47 Å². The molecule has 0 unspecified atom stereocenters. The Morgan fingerprint density at radius 1 is 1.25 bits per heavy atom. The van der Waals surface area contributed by atoms with E-state index in [9.17, 15) is 4.79 Å². The predicted octanol–water partition coefficient (Wildman–Crippen LogP) is 2.03. The molecule has 2 rings (SSSR count). The number of nitrogens with zero attached hydrogens (tertiary/aromatic N) is 1. The monoisotopic (exact) mass is 227 g/mol. The summed E-state index contributed by atoms with van der Waals surface area (Å²) in [6.07, 6.45) is 1.92. The topological polar surface area (TPSA) is 38.8 Å². The molecule has 1 spiro atoms. The van der Waals surface area contributed by atoms with Gasteiger partial charge in [0, 0.05) is 18.5 Å². The summed E-state index contributed by atoms with van der Waals surface area (Å²) < 4.78 is 10.6. The average molecular weight is 227 g/mol. The molecule has 0 aliphatic carbocycles. The molecular weight excluding hydrogens is 206 g/mol. The van der Waals surface area contributed by atoms with Crippen molar-refractivity contribution in [3.8, 4) is 0 Å². The van der Waals surface area contributed by atoms with Crippen LogP contribution in [-0.4, -0.2) is 42.9 Å². The van der Waals surface area contributed by atoms with Gasteiger partial charge in [-0.25, -0.2) is 4.79 Å². The van der Waals surface area contributed by atoms with E-state index in [1.54, 1.807) is 0 Å². The highest BCUT2D eigenvalue weighted by Gasteiger charge is 2.42. The molecule has 0 saturated carbocycles. The maximum Gasteiger partial charge on any atom is 0.410 e. The first-order valence-electron chi connectivity index (χ1n) is 5.96. The molecule has 16 heavy (non-hydrogen) atoms. The highest BCUT2D eigenvalue weighted by Crippen LogP contribution is 2.38. The number of piperidine rings is 1. The average Bonchev–Trinajstić information content (AvgIpc) is 2.13. The Kier molecular flexibility index (Phi) is 2.86. The van der Waals surface area contributed by atoms with E-state index in [-0.39, 0.29) is 6.09 Å². The normalized spacial score (nSPS) is 24.1. The first-order valence-corrected chi connectivity index (χ1v) is 5.96. The highest BCUT2D eigenvalue weighted by molar-refractivity contribution is 5.68. The molecule has 0 bridgehead atoms. The lowest BCUT2D eigenvalue weighted by molar-refractivity contribution is -0.138. The van der Waals surface area contributed by atoms with E-state index >= 15 is 0 Å². The van der Waals surface area contributed by atoms with Crippen LogP contribution < -0.4 is 0 Å². The van der Waals surface area contributed by atoms with Crippen molar-refractivity contribution in [3.05, 3.63) is 0 Å². The summed E-state index contributed by atoms with van der Waals surface area (Å²) in [4.78, 5) is 13.6. The maximum atomic E-state index is 11.8. The van der Waals surface area contributed by atoms with E-state index in [2.05, 4.69) is 0 Å². The maximum absolute atomic E-state index is 11.8. The summed E-state index contributed by atoms with van der Waals surface area (Å²) >= 11 is 0. The lowest BCUT2D eigenvalue weighted by atomic mass is 9.77. The van der Waals surface area contributed by atoms with Crippen LogP contribution in [0.3, 0.4) is 0 Å². The molecule has 2 aliphatic heterocycles. The van der Waals surface area contributed by atoms with Crippen LogP contribution in [0.15, 0.2) is 0 Å². The Hall–Kier alpha value is -0.770.